The highest BCUT2D eigenvalue weighted by Crippen LogP contribution is 2.19. The summed E-state index contributed by atoms with van der Waals surface area (Å²) < 4.78 is 10.5. The Bertz CT molecular complexity index is 354. The lowest BCUT2D eigenvalue weighted by molar-refractivity contribution is 0.0782. The minimum atomic E-state index is -0.0822. The second-order valence-corrected chi connectivity index (χ2v) is 5.36. The molecule has 0 saturated heterocycles. The first-order chi connectivity index (χ1) is 7.56. The standard InChI is InChI=1S/C10H13Br2NO3/c1-13(5-7(11)6-15-2)10(14)8-3-4-16-9(8)12/h3-4,7H,5-6H2,1-2H3. The Morgan fingerprint density at radius 1 is 1.69 bits per heavy atom. The van der Waals surface area contributed by atoms with Crippen LogP contribution in [0.15, 0.2) is 21.4 Å². The molecule has 0 saturated carbocycles. The normalized spacial score (nSPS) is 12.5. The molecular weight excluding hydrogens is 342 g/mol. The third-order valence-electron chi connectivity index (χ3n) is 2.01. The minimum Gasteiger partial charge on any atom is -0.457 e. The van der Waals surface area contributed by atoms with Crippen molar-refractivity contribution in [2.45, 2.75) is 4.83 Å². The van der Waals surface area contributed by atoms with E-state index < -0.39 is 0 Å². The third kappa shape index (κ3) is 3.61. The van der Waals surface area contributed by atoms with E-state index in [0.29, 0.717) is 23.4 Å². The summed E-state index contributed by atoms with van der Waals surface area (Å²) in [5.41, 5.74) is 0.527. The molecule has 1 rings (SSSR count). The lowest BCUT2D eigenvalue weighted by Crippen LogP contribution is -2.33. The Labute approximate surface area is 111 Å². The lowest BCUT2D eigenvalue weighted by atomic mass is 10.3. The smallest absolute Gasteiger partial charge is 0.258 e. The van der Waals surface area contributed by atoms with Crippen molar-refractivity contribution in [1.29, 1.82) is 0 Å². The fourth-order valence-corrected chi connectivity index (χ4v) is 2.37. The fourth-order valence-electron chi connectivity index (χ4n) is 1.27. The first kappa shape index (κ1) is 13.7. The molecule has 0 fully saturated rings. The van der Waals surface area contributed by atoms with Crippen molar-refractivity contribution in [1.82, 2.24) is 4.90 Å². The summed E-state index contributed by atoms with van der Waals surface area (Å²) in [4.78, 5) is 13.7. The van der Waals surface area contributed by atoms with Crippen molar-refractivity contribution in [3.63, 3.8) is 0 Å². The molecule has 1 aromatic heterocycles. The maximum Gasteiger partial charge on any atom is 0.258 e. The number of carbonyl (C=O) groups is 1. The van der Waals surface area contributed by atoms with Crippen LogP contribution in [0.3, 0.4) is 0 Å². The quantitative estimate of drug-likeness (QED) is 0.763. The second-order valence-electron chi connectivity index (χ2n) is 3.35. The second kappa shape index (κ2) is 6.42. The lowest BCUT2D eigenvalue weighted by Gasteiger charge is -2.19. The van der Waals surface area contributed by atoms with Gasteiger partial charge in [0.25, 0.3) is 5.91 Å². The highest BCUT2D eigenvalue weighted by molar-refractivity contribution is 9.10. The number of rotatable bonds is 5. The van der Waals surface area contributed by atoms with Crippen LogP contribution in [0.5, 0.6) is 0 Å². The molecule has 0 bridgehead atoms. The number of alkyl halides is 1. The molecule has 0 N–H and O–H groups in total. The van der Waals surface area contributed by atoms with Gasteiger partial charge in [-0.1, -0.05) is 15.9 Å². The maximum absolute atomic E-state index is 11.9. The van der Waals surface area contributed by atoms with Crippen molar-refractivity contribution >= 4 is 37.8 Å². The Kier molecular flexibility index (Phi) is 5.51. The van der Waals surface area contributed by atoms with Gasteiger partial charge in [0.15, 0.2) is 4.67 Å². The summed E-state index contributed by atoms with van der Waals surface area (Å²) in [6, 6.07) is 1.64. The number of halogens is 2. The van der Waals surface area contributed by atoms with Crippen LogP contribution in [0.25, 0.3) is 0 Å². The molecule has 0 aliphatic rings. The molecule has 6 heteroatoms. The molecule has 1 aromatic rings. The van der Waals surface area contributed by atoms with Crippen LogP contribution in [0.1, 0.15) is 10.4 Å². The molecule has 4 nitrogen and oxygen atoms in total. The third-order valence-corrected chi connectivity index (χ3v) is 3.18. The van der Waals surface area contributed by atoms with Crippen LogP contribution in [0.4, 0.5) is 0 Å². The van der Waals surface area contributed by atoms with E-state index in [1.54, 1.807) is 25.1 Å². The highest BCUT2D eigenvalue weighted by atomic mass is 79.9. The van der Waals surface area contributed by atoms with Crippen molar-refractivity contribution in [2.24, 2.45) is 0 Å². The molecule has 1 atom stereocenters. The molecule has 1 amide bonds. The number of methoxy groups -OCH3 is 1. The van der Waals surface area contributed by atoms with Gasteiger partial charge in [0, 0.05) is 20.7 Å². The molecule has 0 spiro atoms. The van der Waals surface area contributed by atoms with Gasteiger partial charge in [0.1, 0.15) is 0 Å². The average Bonchev–Trinajstić information content (AvgIpc) is 2.63. The average molecular weight is 355 g/mol. The summed E-state index contributed by atoms with van der Waals surface area (Å²) in [7, 11) is 3.37. The van der Waals surface area contributed by atoms with Gasteiger partial charge in [0.2, 0.25) is 0 Å². The molecule has 1 unspecified atom stereocenters. The van der Waals surface area contributed by atoms with Crippen LogP contribution in [0.2, 0.25) is 0 Å². The number of carbonyl (C=O) groups excluding carboxylic acids is 1. The van der Waals surface area contributed by atoms with Crippen LogP contribution in [0, 0.1) is 0 Å². The minimum absolute atomic E-state index is 0.0822. The van der Waals surface area contributed by atoms with Gasteiger partial charge in [-0.3, -0.25) is 4.79 Å². The number of furan rings is 1. The number of ether oxygens (including phenoxy) is 1. The number of hydrogen-bond acceptors (Lipinski definition) is 3. The zero-order valence-electron chi connectivity index (χ0n) is 9.07. The van der Waals surface area contributed by atoms with Gasteiger partial charge in [-0.25, -0.2) is 0 Å². The monoisotopic (exact) mass is 353 g/mol. The van der Waals surface area contributed by atoms with Gasteiger partial charge in [0.05, 0.1) is 23.3 Å². The van der Waals surface area contributed by atoms with Crippen molar-refractivity contribution < 1.29 is 13.9 Å². The summed E-state index contributed by atoms with van der Waals surface area (Å²) in [6.07, 6.45) is 1.48. The Balaban J connectivity index is 2.58. The van der Waals surface area contributed by atoms with E-state index in [1.165, 1.54) is 6.26 Å². The SMILES string of the molecule is COCC(Br)CN(C)C(=O)c1ccoc1Br. The van der Waals surface area contributed by atoms with Gasteiger partial charge < -0.3 is 14.1 Å². The molecule has 0 aliphatic heterocycles. The van der Waals surface area contributed by atoms with E-state index in [4.69, 9.17) is 9.15 Å². The predicted molar refractivity (Wildman–Crippen MR) is 68.0 cm³/mol. The Morgan fingerprint density at radius 3 is 2.88 bits per heavy atom. The predicted octanol–water partition coefficient (Wildman–Crippen LogP) is 2.52. The van der Waals surface area contributed by atoms with Gasteiger partial charge in [-0.05, 0) is 22.0 Å². The van der Waals surface area contributed by atoms with Crippen molar-refractivity contribution in [2.75, 3.05) is 27.3 Å². The van der Waals surface area contributed by atoms with E-state index in [9.17, 15) is 4.79 Å². The van der Waals surface area contributed by atoms with Crippen LogP contribution < -0.4 is 0 Å². The fraction of sp³-hybridized carbons (Fsp3) is 0.500. The van der Waals surface area contributed by atoms with Gasteiger partial charge in [-0.15, -0.1) is 0 Å². The van der Waals surface area contributed by atoms with E-state index in [1.807, 2.05) is 0 Å². The van der Waals surface area contributed by atoms with E-state index in [2.05, 4.69) is 31.9 Å². The maximum atomic E-state index is 11.9. The topological polar surface area (TPSA) is 42.7 Å². The summed E-state index contributed by atoms with van der Waals surface area (Å²) in [5, 5.41) is 0. The van der Waals surface area contributed by atoms with E-state index in [0.717, 1.165) is 0 Å². The number of amides is 1. The molecule has 16 heavy (non-hydrogen) atoms. The van der Waals surface area contributed by atoms with Crippen LogP contribution in [-0.2, 0) is 4.74 Å². The summed E-state index contributed by atoms with van der Waals surface area (Å²) in [6.45, 7) is 1.13. The largest absolute Gasteiger partial charge is 0.457 e. The van der Waals surface area contributed by atoms with E-state index >= 15 is 0 Å². The Hall–Kier alpha value is -0.330. The van der Waals surface area contributed by atoms with Crippen LogP contribution in [-0.4, -0.2) is 42.9 Å². The molecule has 0 aliphatic carbocycles. The van der Waals surface area contributed by atoms with Gasteiger partial charge >= 0.3 is 0 Å². The molecule has 1 heterocycles. The van der Waals surface area contributed by atoms with Crippen molar-refractivity contribution in [3.8, 4) is 0 Å². The summed E-state index contributed by atoms with van der Waals surface area (Å²) >= 11 is 6.62. The zero-order valence-corrected chi connectivity index (χ0v) is 12.2. The van der Waals surface area contributed by atoms with Crippen LogP contribution >= 0.6 is 31.9 Å². The first-order valence-electron chi connectivity index (χ1n) is 4.67. The Morgan fingerprint density at radius 2 is 2.38 bits per heavy atom. The molecule has 0 radical (unpaired) electrons. The van der Waals surface area contributed by atoms with Gasteiger partial charge in [-0.2, -0.15) is 0 Å². The summed E-state index contributed by atoms with van der Waals surface area (Å²) in [5.74, 6) is -0.0822. The zero-order chi connectivity index (χ0) is 12.1. The molecular formula is C10H13Br2NO3. The molecule has 0 aromatic carbocycles. The van der Waals surface area contributed by atoms with E-state index in [-0.39, 0.29) is 10.7 Å². The highest BCUT2D eigenvalue weighted by Gasteiger charge is 2.19. The number of hydrogen-bond donors (Lipinski definition) is 0. The van der Waals surface area contributed by atoms with Crippen molar-refractivity contribution in [3.05, 3.63) is 22.6 Å². The first-order valence-corrected chi connectivity index (χ1v) is 6.38. The number of nitrogens with zero attached hydrogens (tertiary/aromatic N) is 1. The molecule has 90 valence electrons.